The van der Waals surface area contributed by atoms with E-state index in [0.717, 1.165) is 35.7 Å². The Morgan fingerprint density at radius 2 is 1.89 bits per heavy atom. The van der Waals surface area contributed by atoms with Crippen LogP contribution in [0.15, 0.2) is 64.1 Å². The second-order valence-corrected chi connectivity index (χ2v) is 12.9. The number of benzene rings is 2. The molecule has 4 aromatic rings. The zero-order chi connectivity index (χ0) is 26.4. The molecule has 1 atom stereocenters. The standard InChI is InChI=1S/C27H28BrN5O4S/c28-23-15-30-33-26(13-24(31-27(23)33)22-5-1-2-6-25(22)35)29-14-17-4-3-9-32(16-17)38(36,37)21-11-19(18-7-8-18)10-20(34)12-21/h1-2,5-6,10-13,15,17-18,29,34-35H,3-4,7-9,14,16H2. The lowest BCUT2D eigenvalue weighted by atomic mass is 10.00. The monoisotopic (exact) mass is 597 g/mol. The molecule has 198 valence electrons. The summed E-state index contributed by atoms with van der Waals surface area (Å²) in [6.07, 6.45) is 5.36. The van der Waals surface area contributed by atoms with E-state index in [1.807, 2.05) is 18.2 Å². The van der Waals surface area contributed by atoms with Crippen molar-refractivity contribution in [3.05, 3.63) is 64.8 Å². The molecule has 0 spiro atoms. The number of sulfonamides is 1. The van der Waals surface area contributed by atoms with Crippen LogP contribution in [-0.4, -0.2) is 57.2 Å². The van der Waals surface area contributed by atoms with Crippen LogP contribution in [0.4, 0.5) is 5.82 Å². The van der Waals surface area contributed by atoms with Crippen molar-refractivity contribution in [1.82, 2.24) is 18.9 Å². The summed E-state index contributed by atoms with van der Waals surface area (Å²) >= 11 is 3.50. The minimum atomic E-state index is -3.72. The molecule has 11 heteroatoms. The number of piperidine rings is 1. The molecule has 0 amide bonds. The molecule has 0 radical (unpaired) electrons. The summed E-state index contributed by atoms with van der Waals surface area (Å²) in [5, 5.41) is 28.4. The van der Waals surface area contributed by atoms with E-state index >= 15 is 0 Å². The SMILES string of the molecule is O=S(=O)(c1cc(O)cc(C2CC2)c1)N1CCCC(CNc2cc(-c3ccccc3O)nc3c(Br)cnn23)C1. The van der Waals surface area contributed by atoms with Gasteiger partial charge in [0.15, 0.2) is 5.65 Å². The molecular weight excluding hydrogens is 570 g/mol. The molecule has 3 N–H and O–H groups in total. The van der Waals surface area contributed by atoms with Crippen LogP contribution in [0.25, 0.3) is 16.9 Å². The van der Waals surface area contributed by atoms with Gasteiger partial charge in [-0.15, -0.1) is 0 Å². The Kier molecular flexibility index (Phi) is 6.53. The zero-order valence-electron chi connectivity index (χ0n) is 20.6. The number of halogens is 1. The normalized spacial score (nSPS) is 18.6. The lowest BCUT2D eigenvalue weighted by molar-refractivity contribution is 0.275. The highest BCUT2D eigenvalue weighted by atomic mass is 79.9. The van der Waals surface area contributed by atoms with Crippen LogP contribution in [0.2, 0.25) is 0 Å². The summed E-state index contributed by atoms with van der Waals surface area (Å²) in [5.41, 5.74) is 2.71. The average Bonchev–Trinajstić information content (AvgIpc) is 3.70. The maximum atomic E-state index is 13.5. The molecule has 2 aromatic heterocycles. The largest absolute Gasteiger partial charge is 0.508 e. The Labute approximate surface area is 229 Å². The van der Waals surface area contributed by atoms with E-state index in [4.69, 9.17) is 0 Å². The van der Waals surface area contributed by atoms with Gasteiger partial charge in [-0.2, -0.15) is 13.9 Å². The fourth-order valence-corrected chi connectivity index (χ4v) is 7.08. The molecule has 1 unspecified atom stereocenters. The predicted molar refractivity (Wildman–Crippen MR) is 148 cm³/mol. The van der Waals surface area contributed by atoms with Gasteiger partial charge in [0.25, 0.3) is 0 Å². The number of nitrogens with zero attached hydrogens (tertiary/aromatic N) is 4. The van der Waals surface area contributed by atoms with Crippen LogP contribution >= 0.6 is 15.9 Å². The van der Waals surface area contributed by atoms with E-state index in [1.54, 1.807) is 35.0 Å². The smallest absolute Gasteiger partial charge is 0.243 e. The van der Waals surface area contributed by atoms with Crippen LogP contribution in [-0.2, 0) is 10.0 Å². The van der Waals surface area contributed by atoms with Crippen molar-refractivity contribution in [1.29, 1.82) is 0 Å². The van der Waals surface area contributed by atoms with Crippen molar-refractivity contribution in [2.45, 2.75) is 36.5 Å². The Hall–Kier alpha value is -3.15. The first-order chi connectivity index (χ1) is 18.3. The highest BCUT2D eigenvalue weighted by Gasteiger charge is 2.32. The van der Waals surface area contributed by atoms with Crippen molar-refractivity contribution in [2.24, 2.45) is 5.92 Å². The summed E-state index contributed by atoms with van der Waals surface area (Å²) in [4.78, 5) is 4.84. The third kappa shape index (κ3) is 4.85. The average molecular weight is 599 g/mol. The van der Waals surface area contributed by atoms with Gasteiger partial charge in [0, 0.05) is 31.3 Å². The lowest BCUT2D eigenvalue weighted by Crippen LogP contribution is -2.41. The highest BCUT2D eigenvalue weighted by molar-refractivity contribution is 9.10. The fraction of sp³-hybridized carbons (Fsp3) is 0.333. The minimum Gasteiger partial charge on any atom is -0.508 e. The Morgan fingerprint density at radius 1 is 1.08 bits per heavy atom. The number of phenols is 2. The number of anilines is 1. The quantitative estimate of drug-likeness (QED) is 0.275. The molecular formula is C27H28BrN5O4S. The van der Waals surface area contributed by atoms with E-state index < -0.39 is 10.0 Å². The third-order valence-electron chi connectivity index (χ3n) is 7.26. The van der Waals surface area contributed by atoms with Gasteiger partial charge < -0.3 is 15.5 Å². The van der Waals surface area contributed by atoms with Gasteiger partial charge in [0.2, 0.25) is 10.0 Å². The first-order valence-electron chi connectivity index (χ1n) is 12.7. The second kappa shape index (κ2) is 9.87. The van der Waals surface area contributed by atoms with Crippen molar-refractivity contribution in [3.63, 3.8) is 0 Å². The Balaban J connectivity index is 1.23. The van der Waals surface area contributed by atoms with E-state index in [2.05, 4.69) is 31.3 Å². The summed E-state index contributed by atoms with van der Waals surface area (Å²) < 4.78 is 31.0. The van der Waals surface area contributed by atoms with Gasteiger partial charge in [-0.25, -0.2) is 13.4 Å². The van der Waals surface area contributed by atoms with Gasteiger partial charge in [-0.05, 0) is 89.3 Å². The molecule has 3 heterocycles. The molecule has 2 fully saturated rings. The molecule has 6 rings (SSSR count). The number of hydrogen-bond acceptors (Lipinski definition) is 7. The van der Waals surface area contributed by atoms with Crippen molar-refractivity contribution >= 4 is 37.4 Å². The maximum Gasteiger partial charge on any atom is 0.243 e. The molecule has 1 saturated heterocycles. The zero-order valence-corrected chi connectivity index (χ0v) is 23.0. The fourth-order valence-electron chi connectivity index (χ4n) is 5.11. The number of phenolic OH excluding ortho intramolecular Hbond substituents is 2. The first-order valence-corrected chi connectivity index (χ1v) is 14.9. The predicted octanol–water partition coefficient (Wildman–Crippen LogP) is 4.96. The maximum absolute atomic E-state index is 13.5. The molecule has 2 aliphatic rings. The minimum absolute atomic E-state index is 0.00412. The molecule has 1 aliphatic carbocycles. The molecule has 38 heavy (non-hydrogen) atoms. The van der Waals surface area contributed by atoms with Crippen molar-refractivity contribution < 1.29 is 18.6 Å². The van der Waals surface area contributed by atoms with Gasteiger partial charge >= 0.3 is 0 Å². The summed E-state index contributed by atoms with van der Waals surface area (Å²) in [6.45, 7) is 1.37. The molecule has 9 nitrogen and oxygen atoms in total. The number of nitrogens with one attached hydrogen (secondary N) is 1. The number of fused-ring (bicyclic) bond motifs is 1. The van der Waals surface area contributed by atoms with E-state index in [9.17, 15) is 18.6 Å². The van der Waals surface area contributed by atoms with Gasteiger partial charge in [0.1, 0.15) is 17.3 Å². The number of aromatic hydroxyl groups is 2. The number of para-hydroxylation sites is 1. The topological polar surface area (TPSA) is 120 Å². The van der Waals surface area contributed by atoms with Crippen LogP contribution in [0.1, 0.15) is 37.2 Å². The van der Waals surface area contributed by atoms with E-state index in [-0.39, 0.29) is 22.3 Å². The molecule has 1 saturated carbocycles. The summed E-state index contributed by atoms with van der Waals surface area (Å²) in [7, 11) is -3.72. The van der Waals surface area contributed by atoms with Crippen LogP contribution in [0.5, 0.6) is 11.5 Å². The van der Waals surface area contributed by atoms with E-state index in [1.165, 1.54) is 10.4 Å². The Morgan fingerprint density at radius 3 is 2.68 bits per heavy atom. The highest BCUT2D eigenvalue weighted by Crippen LogP contribution is 2.42. The van der Waals surface area contributed by atoms with E-state index in [0.29, 0.717) is 48.3 Å². The lowest BCUT2D eigenvalue weighted by Gasteiger charge is -2.32. The second-order valence-electron chi connectivity index (χ2n) is 10.1. The summed E-state index contributed by atoms with van der Waals surface area (Å²) in [6, 6.07) is 13.6. The summed E-state index contributed by atoms with van der Waals surface area (Å²) in [5.74, 6) is 1.25. The molecule has 0 bridgehead atoms. The van der Waals surface area contributed by atoms with Crippen molar-refractivity contribution in [2.75, 3.05) is 25.0 Å². The number of rotatable bonds is 7. The number of hydrogen-bond donors (Lipinski definition) is 3. The van der Waals surface area contributed by atoms with Crippen molar-refractivity contribution in [3.8, 4) is 22.8 Å². The third-order valence-corrected chi connectivity index (χ3v) is 9.66. The molecule has 2 aromatic carbocycles. The first kappa shape index (κ1) is 25.1. The van der Waals surface area contributed by atoms with Gasteiger partial charge in [0.05, 0.1) is 21.3 Å². The van der Waals surface area contributed by atoms with Gasteiger partial charge in [-0.3, -0.25) is 0 Å². The number of aromatic nitrogens is 3. The van der Waals surface area contributed by atoms with Crippen LogP contribution in [0.3, 0.4) is 0 Å². The Bertz CT molecular complexity index is 1620. The molecule has 1 aliphatic heterocycles. The van der Waals surface area contributed by atoms with Crippen LogP contribution < -0.4 is 5.32 Å². The van der Waals surface area contributed by atoms with Gasteiger partial charge in [-0.1, -0.05) is 12.1 Å². The van der Waals surface area contributed by atoms with Crippen LogP contribution in [0, 0.1) is 5.92 Å².